The molecular weight excluding hydrogens is 350 g/mol. The topological polar surface area (TPSA) is 65.8 Å². The summed E-state index contributed by atoms with van der Waals surface area (Å²) >= 11 is 3.05. The lowest BCUT2D eigenvalue weighted by atomic mass is 10.2. The molecule has 124 valence electrons. The molecule has 0 saturated heterocycles. The molecule has 1 amide bonds. The van der Waals surface area contributed by atoms with Crippen LogP contribution < -0.4 is 5.32 Å². The van der Waals surface area contributed by atoms with E-state index in [1.54, 1.807) is 30.1 Å². The summed E-state index contributed by atoms with van der Waals surface area (Å²) < 4.78 is 0. The zero-order valence-corrected chi connectivity index (χ0v) is 15.2. The summed E-state index contributed by atoms with van der Waals surface area (Å²) in [5, 5.41) is 12.3. The summed E-state index contributed by atoms with van der Waals surface area (Å²) in [6.07, 6.45) is 1.74. The fraction of sp³-hybridized carbons (Fsp3) is 0.105. The third kappa shape index (κ3) is 4.47. The summed E-state index contributed by atoms with van der Waals surface area (Å²) in [5.41, 5.74) is 2.39. The Labute approximate surface area is 154 Å². The average molecular weight is 365 g/mol. The molecule has 6 heteroatoms. The molecule has 3 aromatic rings. The molecule has 0 atom stereocenters. The highest BCUT2D eigenvalue weighted by atomic mass is 32.2. The highest BCUT2D eigenvalue weighted by molar-refractivity contribution is 7.98. The molecule has 2 aromatic carbocycles. The SMILES string of the molecule is Cc1cnc(NC(=O)c2ccccc2SCc2ccc(C#N)cc2)s1. The number of anilines is 1. The predicted molar refractivity (Wildman–Crippen MR) is 102 cm³/mol. The van der Waals surface area contributed by atoms with Crippen LogP contribution in [0.2, 0.25) is 0 Å². The van der Waals surface area contributed by atoms with Gasteiger partial charge < -0.3 is 0 Å². The molecule has 0 aliphatic heterocycles. The maximum Gasteiger partial charge on any atom is 0.258 e. The van der Waals surface area contributed by atoms with Crippen molar-refractivity contribution in [3.63, 3.8) is 0 Å². The maximum atomic E-state index is 12.5. The smallest absolute Gasteiger partial charge is 0.258 e. The van der Waals surface area contributed by atoms with Crippen LogP contribution >= 0.6 is 23.1 Å². The van der Waals surface area contributed by atoms with E-state index in [1.807, 2.05) is 43.3 Å². The number of rotatable bonds is 5. The molecular formula is C19H15N3OS2. The minimum absolute atomic E-state index is 0.155. The molecule has 4 nitrogen and oxygen atoms in total. The van der Waals surface area contributed by atoms with Crippen molar-refractivity contribution in [3.8, 4) is 6.07 Å². The Morgan fingerprint density at radius 2 is 2.00 bits per heavy atom. The fourth-order valence-electron chi connectivity index (χ4n) is 2.19. The number of hydrogen-bond donors (Lipinski definition) is 1. The molecule has 0 saturated carbocycles. The van der Waals surface area contributed by atoms with Gasteiger partial charge >= 0.3 is 0 Å². The Hall–Kier alpha value is -2.62. The Balaban J connectivity index is 1.71. The van der Waals surface area contributed by atoms with E-state index >= 15 is 0 Å². The lowest BCUT2D eigenvalue weighted by Gasteiger charge is -2.09. The second kappa shape index (κ2) is 7.97. The minimum atomic E-state index is -0.155. The molecule has 25 heavy (non-hydrogen) atoms. The fourth-order valence-corrected chi connectivity index (χ4v) is 3.86. The number of amides is 1. The number of thiazole rings is 1. The van der Waals surface area contributed by atoms with Crippen molar-refractivity contribution < 1.29 is 4.79 Å². The number of hydrogen-bond acceptors (Lipinski definition) is 5. The molecule has 0 spiro atoms. The van der Waals surface area contributed by atoms with Gasteiger partial charge in [0, 0.05) is 21.7 Å². The van der Waals surface area contributed by atoms with Crippen LogP contribution in [0.3, 0.4) is 0 Å². The van der Waals surface area contributed by atoms with Crippen LogP contribution in [-0.2, 0) is 5.75 Å². The van der Waals surface area contributed by atoms with Gasteiger partial charge in [-0.2, -0.15) is 5.26 Å². The van der Waals surface area contributed by atoms with Crippen LogP contribution in [0.5, 0.6) is 0 Å². The van der Waals surface area contributed by atoms with Crippen molar-refractivity contribution >= 4 is 34.1 Å². The lowest BCUT2D eigenvalue weighted by molar-refractivity contribution is 0.102. The van der Waals surface area contributed by atoms with Gasteiger partial charge in [-0.3, -0.25) is 10.1 Å². The van der Waals surface area contributed by atoms with E-state index in [9.17, 15) is 4.79 Å². The Kier molecular flexibility index (Phi) is 5.49. The summed E-state index contributed by atoms with van der Waals surface area (Å²) in [6.45, 7) is 1.95. The molecule has 3 rings (SSSR count). The number of nitriles is 1. The van der Waals surface area contributed by atoms with Crippen molar-refractivity contribution in [2.24, 2.45) is 0 Å². The van der Waals surface area contributed by atoms with E-state index in [1.165, 1.54) is 11.3 Å². The number of nitrogens with zero attached hydrogens (tertiary/aromatic N) is 2. The monoisotopic (exact) mass is 365 g/mol. The molecule has 0 aliphatic rings. The first-order chi connectivity index (χ1) is 12.2. The van der Waals surface area contributed by atoms with Gasteiger partial charge in [0.2, 0.25) is 0 Å². The standard InChI is InChI=1S/C19H15N3OS2/c1-13-11-21-19(25-13)22-18(23)16-4-2-3-5-17(16)24-12-15-8-6-14(10-20)7-9-15/h2-9,11H,12H2,1H3,(H,21,22,23). The van der Waals surface area contributed by atoms with E-state index in [0.29, 0.717) is 16.3 Å². The van der Waals surface area contributed by atoms with Crippen molar-refractivity contribution in [2.75, 3.05) is 5.32 Å². The van der Waals surface area contributed by atoms with Crippen LogP contribution in [0.25, 0.3) is 0 Å². The van der Waals surface area contributed by atoms with Crippen molar-refractivity contribution in [2.45, 2.75) is 17.6 Å². The predicted octanol–water partition coefficient (Wildman–Crippen LogP) is 4.87. The summed E-state index contributed by atoms with van der Waals surface area (Å²) in [4.78, 5) is 18.7. The lowest BCUT2D eigenvalue weighted by Crippen LogP contribution is -2.12. The van der Waals surface area contributed by atoms with E-state index < -0.39 is 0 Å². The zero-order chi connectivity index (χ0) is 17.6. The van der Waals surface area contributed by atoms with Crippen LogP contribution in [-0.4, -0.2) is 10.9 Å². The zero-order valence-electron chi connectivity index (χ0n) is 13.5. The van der Waals surface area contributed by atoms with Crippen molar-refractivity contribution in [1.82, 2.24) is 4.98 Å². The van der Waals surface area contributed by atoms with Gasteiger partial charge in [-0.05, 0) is 36.8 Å². The first-order valence-corrected chi connectivity index (χ1v) is 9.40. The van der Waals surface area contributed by atoms with Gasteiger partial charge in [0.15, 0.2) is 5.13 Å². The highest BCUT2D eigenvalue weighted by Gasteiger charge is 2.13. The normalized spacial score (nSPS) is 10.2. The van der Waals surface area contributed by atoms with Gasteiger partial charge in [-0.15, -0.1) is 23.1 Å². The first-order valence-electron chi connectivity index (χ1n) is 7.60. The van der Waals surface area contributed by atoms with Crippen LogP contribution in [0, 0.1) is 18.3 Å². The van der Waals surface area contributed by atoms with Gasteiger partial charge in [0.1, 0.15) is 0 Å². The quantitative estimate of drug-likeness (QED) is 0.655. The van der Waals surface area contributed by atoms with E-state index in [0.717, 1.165) is 21.1 Å². The van der Waals surface area contributed by atoms with Gasteiger partial charge in [0.05, 0.1) is 17.2 Å². The second-order valence-corrected chi connectivity index (χ2v) is 7.58. The van der Waals surface area contributed by atoms with Crippen molar-refractivity contribution in [1.29, 1.82) is 5.26 Å². The van der Waals surface area contributed by atoms with Gasteiger partial charge in [-0.25, -0.2) is 4.98 Å². The summed E-state index contributed by atoms with van der Waals surface area (Å²) in [6, 6.07) is 17.1. The van der Waals surface area contributed by atoms with Crippen LogP contribution in [0.15, 0.2) is 59.6 Å². The van der Waals surface area contributed by atoms with E-state index in [2.05, 4.69) is 16.4 Å². The third-order valence-electron chi connectivity index (χ3n) is 3.45. The largest absolute Gasteiger partial charge is 0.298 e. The number of benzene rings is 2. The second-order valence-electron chi connectivity index (χ2n) is 5.32. The number of thioether (sulfide) groups is 1. The maximum absolute atomic E-state index is 12.5. The van der Waals surface area contributed by atoms with Crippen LogP contribution in [0.4, 0.5) is 5.13 Å². The number of carbonyl (C=O) groups excluding carboxylic acids is 1. The number of aromatic nitrogens is 1. The van der Waals surface area contributed by atoms with E-state index in [-0.39, 0.29) is 5.91 Å². The third-order valence-corrected chi connectivity index (χ3v) is 5.42. The molecule has 0 fully saturated rings. The molecule has 0 radical (unpaired) electrons. The average Bonchev–Trinajstić information content (AvgIpc) is 3.05. The number of aryl methyl sites for hydroxylation is 1. The van der Waals surface area contributed by atoms with Crippen LogP contribution in [0.1, 0.15) is 26.4 Å². The molecule has 0 aliphatic carbocycles. The summed E-state index contributed by atoms with van der Waals surface area (Å²) in [5.74, 6) is 0.573. The first kappa shape index (κ1) is 17.2. The molecule has 0 unspecified atom stereocenters. The Bertz CT molecular complexity index is 926. The molecule has 0 bridgehead atoms. The summed E-state index contributed by atoms with van der Waals surface area (Å²) in [7, 11) is 0. The van der Waals surface area contributed by atoms with Gasteiger partial charge in [0.25, 0.3) is 5.91 Å². The molecule has 1 heterocycles. The highest BCUT2D eigenvalue weighted by Crippen LogP contribution is 2.27. The van der Waals surface area contributed by atoms with Crippen molar-refractivity contribution in [3.05, 3.63) is 76.3 Å². The van der Waals surface area contributed by atoms with Gasteiger partial charge in [-0.1, -0.05) is 24.3 Å². The Morgan fingerprint density at radius 3 is 2.68 bits per heavy atom. The number of carbonyl (C=O) groups is 1. The molecule has 1 N–H and O–H groups in total. The number of nitrogens with one attached hydrogen (secondary N) is 1. The minimum Gasteiger partial charge on any atom is -0.298 e. The van der Waals surface area contributed by atoms with E-state index in [4.69, 9.17) is 5.26 Å². The Morgan fingerprint density at radius 1 is 1.24 bits per heavy atom. The molecule has 1 aromatic heterocycles.